The molecule has 0 heterocycles. The number of carbonyl (C=O) groups is 2. The lowest BCUT2D eigenvalue weighted by Crippen LogP contribution is -2.19. The van der Waals surface area contributed by atoms with Gasteiger partial charge in [0.25, 0.3) is 0 Å². The van der Waals surface area contributed by atoms with Gasteiger partial charge in [-0.05, 0) is 36.8 Å². The number of hydrazone groups is 1. The van der Waals surface area contributed by atoms with Crippen molar-refractivity contribution in [3.63, 3.8) is 0 Å². The van der Waals surface area contributed by atoms with Crippen molar-refractivity contribution in [3.05, 3.63) is 65.2 Å². The summed E-state index contributed by atoms with van der Waals surface area (Å²) in [6.45, 7) is 2.02. The van der Waals surface area contributed by atoms with Crippen molar-refractivity contribution in [3.8, 4) is 0 Å². The summed E-state index contributed by atoms with van der Waals surface area (Å²) in [6.07, 6.45) is 1.52. The molecule has 0 spiro atoms. The van der Waals surface area contributed by atoms with E-state index in [1.807, 2.05) is 31.2 Å². The Hall–Kier alpha value is -2.60. The molecule has 0 bridgehead atoms. The average Bonchev–Trinajstić information content (AvgIpc) is 2.61. The lowest BCUT2D eigenvalue weighted by Gasteiger charge is -2.02. The van der Waals surface area contributed by atoms with Gasteiger partial charge in [-0.2, -0.15) is 5.10 Å². The molecule has 2 aromatic carbocycles. The second kappa shape index (κ2) is 8.88. The lowest BCUT2D eigenvalue weighted by molar-refractivity contribution is -0.118. The van der Waals surface area contributed by atoms with E-state index in [1.165, 1.54) is 30.6 Å². The van der Waals surface area contributed by atoms with Crippen LogP contribution < -0.4 is 5.43 Å². The minimum absolute atomic E-state index is 0.178. The summed E-state index contributed by atoms with van der Waals surface area (Å²) in [5.41, 5.74) is 4.90. The van der Waals surface area contributed by atoms with Crippen LogP contribution in [0.5, 0.6) is 0 Å². The van der Waals surface area contributed by atoms with Crippen LogP contribution in [0.25, 0.3) is 0 Å². The number of hydrogen-bond acceptors (Lipinski definition) is 5. The smallest absolute Gasteiger partial charge is 0.337 e. The van der Waals surface area contributed by atoms with Gasteiger partial charge in [-0.1, -0.05) is 29.8 Å². The van der Waals surface area contributed by atoms with Gasteiger partial charge in [0, 0.05) is 4.90 Å². The number of amides is 1. The fourth-order valence-electron chi connectivity index (χ4n) is 1.82. The molecule has 1 N–H and O–H groups in total. The van der Waals surface area contributed by atoms with E-state index in [4.69, 9.17) is 0 Å². The van der Waals surface area contributed by atoms with Crippen molar-refractivity contribution in [1.29, 1.82) is 0 Å². The summed E-state index contributed by atoms with van der Waals surface area (Å²) < 4.78 is 4.63. The van der Waals surface area contributed by atoms with Gasteiger partial charge >= 0.3 is 5.97 Å². The van der Waals surface area contributed by atoms with Crippen molar-refractivity contribution in [2.24, 2.45) is 5.10 Å². The highest BCUT2D eigenvalue weighted by Crippen LogP contribution is 2.17. The van der Waals surface area contributed by atoms with E-state index < -0.39 is 0 Å². The number of ether oxygens (including phenoxy) is 1. The molecule has 0 saturated heterocycles. The molecule has 0 aromatic heterocycles. The largest absolute Gasteiger partial charge is 0.465 e. The number of nitrogens with one attached hydrogen (secondary N) is 1. The van der Waals surface area contributed by atoms with Crippen LogP contribution in [0.3, 0.4) is 0 Å². The summed E-state index contributed by atoms with van der Waals surface area (Å²) in [7, 11) is 1.34. The van der Waals surface area contributed by atoms with E-state index in [0.717, 1.165) is 10.5 Å². The first-order valence-corrected chi connectivity index (χ1v) is 8.27. The Bertz CT molecular complexity index is 725. The van der Waals surface area contributed by atoms with Crippen molar-refractivity contribution in [1.82, 2.24) is 5.43 Å². The Morgan fingerprint density at radius 1 is 1.12 bits per heavy atom. The SMILES string of the molecule is COC(=O)c1ccc(/C=N\NC(=O)CSc2ccc(C)cc2)cc1. The fraction of sp³-hybridized carbons (Fsp3) is 0.167. The van der Waals surface area contributed by atoms with Gasteiger partial charge < -0.3 is 4.74 Å². The van der Waals surface area contributed by atoms with Crippen LogP contribution >= 0.6 is 11.8 Å². The summed E-state index contributed by atoms with van der Waals surface area (Å²) in [6, 6.07) is 14.7. The molecule has 2 rings (SSSR count). The number of carbonyl (C=O) groups excluding carboxylic acids is 2. The molecule has 0 unspecified atom stereocenters. The maximum atomic E-state index is 11.7. The highest BCUT2D eigenvalue weighted by molar-refractivity contribution is 8.00. The molecule has 0 aliphatic carbocycles. The van der Waals surface area contributed by atoms with Crippen LogP contribution in [0, 0.1) is 6.92 Å². The average molecular weight is 342 g/mol. The van der Waals surface area contributed by atoms with Crippen molar-refractivity contribution >= 4 is 29.9 Å². The van der Waals surface area contributed by atoms with Gasteiger partial charge in [0.05, 0.1) is 24.6 Å². The second-order valence-electron chi connectivity index (χ2n) is 5.01. The minimum atomic E-state index is -0.389. The normalized spacial score (nSPS) is 10.6. The zero-order chi connectivity index (χ0) is 17.4. The Kier molecular flexibility index (Phi) is 6.57. The predicted octanol–water partition coefficient (Wildman–Crippen LogP) is 3.02. The molecule has 5 nitrogen and oxygen atoms in total. The maximum Gasteiger partial charge on any atom is 0.337 e. The number of nitrogens with zero attached hydrogens (tertiary/aromatic N) is 1. The standard InChI is InChI=1S/C18H18N2O3S/c1-13-3-9-16(10-4-13)24-12-17(21)20-19-11-14-5-7-15(8-6-14)18(22)23-2/h3-11H,12H2,1-2H3,(H,20,21)/b19-11-. The van der Waals surface area contributed by atoms with Crippen LogP contribution in [-0.4, -0.2) is 31.0 Å². The van der Waals surface area contributed by atoms with Gasteiger partial charge in [0.15, 0.2) is 0 Å². The highest BCUT2D eigenvalue weighted by atomic mass is 32.2. The van der Waals surface area contributed by atoms with Crippen LogP contribution in [0.1, 0.15) is 21.5 Å². The van der Waals surface area contributed by atoms with E-state index in [0.29, 0.717) is 11.3 Å². The first-order valence-electron chi connectivity index (χ1n) is 7.28. The predicted molar refractivity (Wildman–Crippen MR) is 95.4 cm³/mol. The maximum absolute atomic E-state index is 11.7. The number of aryl methyl sites for hydroxylation is 1. The van der Waals surface area contributed by atoms with Crippen molar-refractivity contribution < 1.29 is 14.3 Å². The Balaban J connectivity index is 1.79. The topological polar surface area (TPSA) is 67.8 Å². The number of benzene rings is 2. The van der Waals surface area contributed by atoms with Crippen molar-refractivity contribution in [2.75, 3.05) is 12.9 Å². The van der Waals surface area contributed by atoms with Gasteiger partial charge in [0.2, 0.25) is 5.91 Å². The van der Waals surface area contributed by atoms with Gasteiger partial charge in [-0.3, -0.25) is 4.79 Å². The van der Waals surface area contributed by atoms with Crippen LogP contribution in [0.4, 0.5) is 0 Å². The van der Waals surface area contributed by atoms with Gasteiger partial charge in [0.1, 0.15) is 0 Å². The molecule has 124 valence electrons. The number of hydrogen-bond donors (Lipinski definition) is 1. The third-order valence-electron chi connectivity index (χ3n) is 3.13. The molecular formula is C18H18N2O3S. The number of thioether (sulfide) groups is 1. The van der Waals surface area contributed by atoms with E-state index in [1.54, 1.807) is 24.3 Å². The molecule has 0 aliphatic heterocycles. The molecular weight excluding hydrogens is 324 g/mol. The quantitative estimate of drug-likeness (QED) is 0.379. The Labute approximate surface area is 145 Å². The van der Waals surface area contributed by atoms with Crippen molar-refractivity contribution in [2.45, 2.75) is 11.8 Å². The van der Waals surface area contributed by atoms with E-state index in [-0.39, 0.29) is 11.9 Å². The van der Waals surface area contributed by atoms with Crippen LogP contribution in [-0.2, 0) is 9.53 Å². The molecule has 6 heteroatoms. The summed E-state index contributed by atoms with van der Waals surface area (Å²) in [5.74, 6) is -0.273. The first-order chi connectivity index (χ1) is 11.6. The molecule has 24 heavy (non-hydrogen) atoms. The van der Waals surface area contributed by atoms with Gasteiger partial charge in [-0.25, -0.2) is 10.2 Å². The molecule has 0 radical (unpaired) electrons. The third-order valence-corrected chi connectivity index (χ3v) is 4.14. The highest BCUT2D eigenvalue weighted by Gasteiger charge is 2.04. The fourth-order valence-corrected chi connectivity index (χ4v) is 2.51. The zero-order valence-electron chi connectivity index (χ0n) is 13.5. The molecule has 0 saturated carbocycles. The number of methoxy groups -OCH3 is 1. The number of rotatable bonds is 6. The summed E-state index contributed by atoms with van der Waals surface area (Å²) in [5, 5.41) is 3.91. The Morgan fingerprint density at radius 2 is 1.79 bits per heavy atom. The molecule has 2 aromatic rings. The monoisotopic (exact) mass is 342 g/mol. The third kappa shape index (κ3) is 5.55. The molecule has 1 amide bonds. The van der Waals surface area contributed by atoms with E-state index in [9.17, 15) is 9.59 Å². The molecule has 0 aliphatic rings. The first kappa shape index (κ1) is 17.7. The second-order valence-corrected chi connectivity index (χ2v) is 6.06. The van der Waals surface area contributed by atoms with Gasteiger partial charge in [-0.15, -0.1) is 11.8 Å². The zero-order valence-corrected chi connectivity index (χ0v) is 14.3. The lowest BCUT2D eigenvalue weighted by atomic mass is 10.1. The van der Waals surface area contributed by atoms with Crippen LogP contribution in [0.2, 0.25) is 0 Å². The Morgan fingerprint density at radius 3 is 2.42 bits per heavy atom. The number of esters is 1. The van der Waals surface area contributed by atoms with E-state index in [2.05, 4.69) is 15.3 Å². The summed E-state index contributed by atoms with van der Waals surface area (Å²) >= 11 is 1.45. The van der Waals surface area contributed by atoms with E-state index >= 15 is 0 Å². The minimum Gasteiger partial charge on any atom is -0.465 e. The molecule has 0 atom stereocenters. The summed E-state index contributed by atoms with van der Waals surface area (Å²) in [4.78, 5) is 24.1. The van der Waals surface area contributed by atoms with Crippen LogP contribution in [0.15, 0.2) is 58.5 Å². The molecule has 0 fully saturated rings.